The fourth-order valence-corrected chi connectivity index (χ4v) is 4.92. The number of rotatable bonds is 2. The Morgan fingerprint density at radius 1 is 1.20 bits per heavy atom. The topological polar surface area (TPSA) is 69.8 Å². The van der Waals surface area contributed by atoms with E-state index in [0.29, 0.717) is 0 Å². The number of nitrogens with zero attached hydrogens (tertiary/aromatic N) is 3. The Balaban J connectivity index is 2.11. The highest BCUT2D eigenvalue weighted by molar-refractivity contribution is 8.20. The predicted octanol–water partition coefficient (Wildman–Crippen LogP) is 3.21. The number of aromatic nitrogens is 2. The maximum absolute atomic E-state index is 10.5. The third-order valence-electron chi connectivity index (χ3n) is 3.28. The van der Waals surface area contributed by atoms with Gasteiger partial charge in [-0.1, -0.05) is 35.7 Å². The zero-order valence-corrected chi connectivity index (χ0v) is 12.8. The second-order valence-corrected chi connectivity index (χ2v) is 8.01. The van der Waals surface area contributed by atoms with Crippen molar-refractivity contribution >= 4 is 34.6 Å². The smallest absolute Gasteiger partial charge is 0.131 e. The van der Waals surface area contributed by atoms with E-state index in [1.54, 1.807) is 13.8 Å². The third kappa shape index (κ3) is 2.06. The van der Waals surface area contributed by atoms with Crippen LogP contribution in [-0.4, -0.2) is 24.8 Å². The Morgan fingerprint density at radius 2 is 1.70 bits per heavy atom. The number of thioether (sulfide) groups is 2. The highest BCUT2D eigenvalue weighted by Gasteiger charge is 2.51. The van der Waals surface area contributed by atoms with Crippen molar-refractivity contribution in [3.63, 3.8) is 0 Å². The first-order valence-corrected chi connectivity index (χ1v) is 7.83. The van der Waals surface area contributed by atoms with Crippen molar-refractivity contribution in [2.75, 3.05) is 0 Å². The summed E-state index contributed by atoms with van der Waals surface area (Å²) in [4.78, 5) is 9.21. The van der Waals surface area contributed by atoms with Crippen molar-refractivity contribution in [2.24, 2.45) is 0 Å². The van der Waals surface area contributed by atoms with E-state index in [-0.39, 0.29) is 6.42 Å². The first-order chi connectivity index (χ1) is 9.45. The minimum atomic E-state index is -1.01. The average Bonchev–Trinajstić information content (AvgIpc) is 2.74. The molecule has 20 heavy (non-hydrogen) atoms. The zero-order chi connectivity index (χ0) is 14.4. The lowest BCUT2D eigenvalue weighted by Gasteiger charge is -2.36. The lowest BCUT2D eigenvalue weighted by Crippen LogP contribution is -2.42. The van der Waals surface area contributed by atoms with Crippen LogP contribution in [0.25, 0.3) is 11.0 Å². The quantitative estimate of drug-likeness (QED) is 0.918. The third-order valence-corrected chi connectivity index (χ3v) is 6.81. The van der Waals surface area contributed by atoms with Gasteiger partial charge in [0.05, 0.1) is 29.1 Å². The van der Waals surface area contributed by atoms with Gasteiger partial charge in [0.15, 0.2) is 0 Å². The van der Waals surface area contributed by atoms with Gasteiger partial charge in [0, 0.05) is 0 Å². The van der Waals surface area contributed by atoms with Crippen LogP contribution in [0, 0.1) is 11.3 Å². The van der Waals surface area contributed by atoms with Gasteiger partial charge in [0.25, 0.3) is 0 Å². The van der Waals surface area contributed by atoms with E-state index in [1.165, 1.54) is 23.5 Å². The van der Waals surface area contributed by atoms with Crippen LogP contribution in [0.5, 0.6) is 0 Å². The van der Waals surface area contributed by atoms with Crippen molar-refractivity contribution in [3.8, 4) is 6.07 Å². The van der Waals surface area contributed by atoms with Crippen molar-refractivity contribution in [1.82, 2.24) is 9.97 Å². The summed E-state index contributed by atoms with van der Waals surface area (Å²) in [6.07, 6.45) is 0.236. The Morgan fingerprint density at radius 3 is 2.10 bits per heavy atom. The van der Waals surface area contributed by atoms with Gasteiger partial charge in [-0.15, -0.1) is 0 Å². The zero-order valence-electron chi connectivity index (χ0n) is 11.1. The van der Waals surface area contributed by atoms with E-state index in [0.717, 1.165) is 21.1 Å². The molecule has 6 heteroatoms. The van der Waals surface area contributed by atoms with Gasteiger partial charge in [-0.3, -0.25) is 0 Å². The molecule has 0 saturated heterocycles. The van der Waals surface area contributed by atoms with Gasteiger partial charge in [-0.05, 0) is 26.0 Å². The summed E-state index contributed by atoms with van der Waals surface area (Å²) in [5, 5.41) is 21.1. The molecule has 0 aliphatic carbocycles. The molecule has 1 aromatic heterocycles. The molecule has 0 radical (unpaired) electrons. The van der Waals surface area contributed by atoms with E-state index in [9.17, 15) is 5.11 Å². The molecular weight excluding hydrogens is 290 g/mol. The molecule has 1 N–H and O–H groups in total. The second-order valence-electron chi connectivity index (χ2n) is 5.17. The first-order valence-electron chi connectivity index (χ1n) is 6.19. The fourth-order valence-electron chi connectivity index (χ4n) is 2.08. The highest BCUT2D eigenvalue weighted by Crippen LogP contribution is 2.60. The van der Waals surface area contributed by atoms with Crippen LogP contribution in [0.3, 0.4) is 0 Å². The van der Waals surface area contributed by atoms with Crippen LogP contribution in [-0.2, 0) is 0 Å². The summed E-state index contributed by atoms with van der Waals surface area (Å²) in [7, 11) is 0. The van der Waals surface area contributed by atoms with Crippen molar-refractivity contribution < 1.29 is 5.11 Å². The maximum atomic E-state index is 10.5. The van der Waals surface area contributed by atoms with Crippen molar-refractivity contribution in [2.45, 2.75) is 40.0 Å². The number of nitriles is 1. The molecule has 3 rings (SSSR count). The van der Waals surface area contributed by atoms with Gasteiger partial charge >= 0.3 is 0 Å². The predicted molar refractivity (Wildman–Crippen MR) is 80.5 cm³/mol. The Bertz CT molecular complexity index is 674. The SMILES string of the molecule is CC(C)(O)C1(CC#N)Sc2nc3ccccc3nc2S1. The van der Waals surface area contributed by atoms with E-state index in [1.807, 2.05) is 24.3 Å². The summed E-state index contributed by atoms with van der Waals surface area (Å²) in [5.74, 6) is 0. The Kier molecular flexibility index (Phi) is 3.16. The minimum absolute atomic E-state index is 0.236. The fraction of sp³-hybridized carbons (Fsp3) is 0.357. The van der Waals surface area contributed by atoms with Crippen LogP contribution in [0.1, 0.15) is 20.3 Å². The molecule has 4 nitrogen and oxygen atoms in total. The van der Waals surface area contributed by atoms with Crippen molar-refractivity contribution in [1.29, 1.82) is 5.26 Å². The standard InChI is InChI=1S/C14H13N3OS2/c1-13(2,18)14(7-8-15)19-11-12(20-14)17-10-6-4-3-5-9(10)16-11/h3-6,18H,7H2,1-2H3. The van der Waals surface area contributed by atoms with Crippen LogP contribution in [0.4, 0.5) is 0 Å². The van der Waals surface area contributed by atoms with E-state index < -0.39 is 9.68 Å². The summed E-state index contributed by atoms with van der Waals surface area (Å²) in [6, 6.07) is 9.86. The number of aliphatic hydroxyl groups is 1. The number of hydrogen-bond donors (Lipinski definition) is 1. The van der Waals surface area contributed by atoms with Crippen LogP contribution in [0.15, 0.2) is 34.3 Å². The monoisotopic (exact) mass is 303 g/mol. The van der Waals surface area contributed by atoms with E-state index in [4.69, 9.17) is 5.26 Å². The van der Waals surface area contributed by atoms with Gasteiger partial charge in [-0.2, -0.15) is 5.26 Å². The molecule has 0 saturated carbocycles. The largest absolute Gasteiger partial charge is 0.388 e. The van der Waals surface area contributed by atoms with Gasteiger partial charge in [0.1, 0.15) is 14.1 Å². The van der Waals surface area contributed by atoms with Gasteiger partial charge in [0.2, 0.25) is 0 Å². The maximum Gasteiger partial charge on any atom is 0.131 e. The summed E-state index contributed by atoms with van der Waals surface area (Å²) in [5.41, 5.74) is 0.665. The van der Waals surface area contributed by atoms with Crippen LogP contribution < -0.4 is 0 Å². The summed E-state index contributed by atoms with van der Waals surface area (Å²) >= 11 is 2.89. The minimum Gasteiger partial charge on any atom is -0.388 e. The van der Waals surface area contributed by atoms with E-state index >= 15 is 0 Å². The molecule has 1 aliphatic rings. The summed E-state index contributed by atoms with van der Waals surface area (Å²) < 4.78 is -0.651. The molecule has 0 fully saturated rings. The Labute approximate surface area is 125 Å². The lowest BCUT2D eigenvalue weighted by atomic mass is 10.0. The molecular formula is C14H13N3OS2. The molecule has 2 heterocycles. The Hall–Kier alpha value is -1.29. The lowest BCUT2D eigenvalue weighted by molar-refractivity contribution is 0.0687. The first kappa shape index (κ1) is 13.7. The van der Waals surface area contributed by atoms with Crippen LogP contribution >= 0.6 is 23.5 Å². The molecule has 0 spiro atoms. The average molecular weight is 303 g/mol. The molecule has 0 unspecified atom stereocenters. The summed E-state index contributed by atoms with van der Waals surface area (Å²) in [6.45, 7) is 3.46. The van der Waals surface area contributed by atoms with E-state index in [2.05, 4.69) is 16.0 Å². The number of hydrogen-bond acceptors (Lipinski definition) is 6. The second kappa shape index (κ2) is 4.62. The molecule has 0 amide bonds. The number of benzene rings is 1. The van der Waals surface area contributed by atoms with Gasteiger partial charge in [-0.25, -0.2) is 9.97 Å². The molecule has 102 valence electrons. The van der Waals surface area contributed by atoms with Gasteiger partial charge < -0.3 is 5.11 Å². The number of fused-ring (bicyclic) bond motifs is 2. The molecule has 1 aliphatic heterocycles. The number of para-hydroxylation sites is 2. The molecule has 2 aromatic rings. The van der Waals surface area contributed by atoms with Crippen molar-refractivity contribution in [3.05, 3.63) is 24.3 Å². The molecule has 1 aromatic carbocycles. The van der Waals surface area contributed by atoms with Crippen LogP contribution in [0.2, 0.25) is 0 Å². The molecule has 0 bridgehead atoms. The highest BCUT2D eigenvalue weighted by atomic mass is 32.2. The normalized spacial score (nSPS) is 16.9. The molecule has 0 atom stereocenters.